The van der Waals surface area contributed by atoms with Gasteiger partial charge in [0.1, 0.15) is 0 Å². The van der Waals surface area contributed by atoms with Crippen LogP contribution in [0.2, 0.25) is 0 Å². The Labute approximate surface area is 103 Å². The van der Waals surface area contributed by atoms with Crippen LogP contribution in [0.25, 0.3) is 0 Å². The summed E-state index contributed by atoms with van der Waals surface area (Å²) in [6.07, 6.45) is 5.64. The Morgan fingerprint density at radius 2 is 2.06 bits per heavy atom. The van der Waals surface area contributed by atoms with Gasteiger partial charge < -0.3 is 5.32 Å². The van der Waals surface area contributed by atoms with Crippen molar-refractivity contribution in [3.05, 3.63) is 29.8 Å². The normalized spacial score (nSPS) is 20.9. The predicted molar refractivity (Wildman–Crippen MR) is 71.0 cm³/mol. The van der Waals surface area contributed by atoms with Gasteiger partial charge >= 0.3 is 0 Å². The molecule has 16 heavy (non-hydrogen) atoms. The van der Waals surface area contributed by atoms with E-state index >= 15 is 0 Å². The molecule has 1 aliphatic rings. The van der Waals surface area contributed by atoms with Crippen molar-refractivity contribution in [2.75, 3.05) is 12.3 Å². The predicted octanol–water partition coefficient (Wildman–Crippen LogP) is 2.59. The Hall–Kier alpha value is -0.470. The van der Waals surface area contributed by atoms with Crippen LogP contribution in [0.4, 0.5) is 0 Å². The van der Waals surface area contributed by atoms with Gasteiger partial charge in [-0.3, -0.25) is 0 Å². The van der Waals surface area contributed by atoms with Gasteiger partial charge in [-0.1, -0.05) is 17.7 Å². The van der Waals surface area contributed by atoms with Crippen molar-refractivity contribution in [2.45, 2.75) is 43.5 Å². The van der Waals surface area contributed by atoms with Crippen LogP contribution in [0, 0.1) is 6.92 Å². The summed E-state index contributed by atoms with van der Waals surface area (Å²) in [4.78, 5) is 1.42. The van der Waals surface area contributed by atoms with Crippen LogP contribution in [0.15, 0.2) is 29.2 Å². The molecule has 2 heteroatoms. The highest BCUT2D eigenvalue weighted by atomic mass is 32.2. The minimum Gasteiger partial charge on any atom is -0.344 e. The Kier molecular flexibility index (Phi) is 4.73. The molecule has 0 saturated carbocycles. The number of rotatable bonds is 4. The summed E-state index contributed by atoms with van der Waals surface area (Å²) in [5, 5.41) is 2.54. The third-order valence-electron chi connectivity index (χ3n) is 3.31. The molecule has 0 aliphatic carbocycles. The summed E-state index contributed by atoms with van der Waals surface area (Å²) < 4.78 is 0. The molecule has 1 aromatic rings. The topological polar surface area (TPSA) is 16.6 Å². The summed E-state index contributed by atoms with van der Waals surface area (Å²) in [6.45, 7) is 3.49. The lowest BCUT2D eigenvalue weighted by Crippen LogP contribution is -2.91. The highest BCUT2D eigenvalue weighted by Crippen LogP contribution is 2.20. The molecule has 1 atom stereocenters. The van der Waals surface area contributed by atoms with Crippen LogP contribution >= 0.6 is 11.8 Å². The molecule has 1 nitrogen and oxygen atoms in total. The van der Waals surface area contributed by atoms with Gasteiger partial charge in [0.2, 0.25) is 0 Å². The fourth-order valence-corrected chi connectivity index (χ4v) is 3.23. The lowest BCUT2D eigenvalue weighted by molar-refractivity contribution is -0.697. The van der Waals surface area contributed by atoms with Crippen molar-refractivity contribution in [1.82, 2.24) is 0 Å². The second kappa shape index (κ2) is 6.31. The first-order valence-electron chi connectivity index (χ1n) is 6.37. The van der Waals surface area contributed by atoms with Crippen molar-refractivity contribution < 1.29 is 5.32 Å². The van der Waals surface area contributed by atoms with Crippen molar-refractivity contribution in [3.63, 3.8) is 0 Å². The fraction of sp³-hybridized carbons (Fsp3) is 0.571. The fourth-order valence-electron chi connectivity index (χ4n) is 2.25. The largest absolute Gasteiger partial charge is 0.344 e. The Morgan fingerprint density at radius 3 is 2.75 bits per heavy atom. The van der Waals surface area contributed by atoms with Crippen LogP contribution in [0.3, 0.4) is 0 Å². The van der Waals surface area contributed by atoms with Gasteiger partial charge in [0.15, 0.2) is 0 Å². The monoisotopic (exact) mass is 236 g/mol. The van der Waals surface area contributed by atoms with E-state index < -0.39 is 0 Å². The SMILES string of the molecule is Cc1ccc(SCC[C@@H]2CCCC[NH2+]2)cc1. The van der Waals surface area contributed by atoms with Crippen LogP contribution in [0.5, 0.6) is 0 Å². The average Bonchev–Trinajstić information content (AvgIpc) is 2.33. The zero-order valence-corrected chi connectivity index (χ0v) is 10.9. The maximum Gasteiger partial charge on any atom is 0.0867 e. The highest BCUT2D eigenvalue weighted by Gasteiger charge is 2.15. The maximum atomic E-state index is 2.54. The number of thioether (sulfide) groups is 1. The molecule has 0 bridgehead atoms. The number of hydrogen-bond acceptors (Lipinski definition) is 1. The number of quaternary nitrogens is 1. The number of piperidine rings is 1. The van der Waals surface area contributed by atoms with Crippen LogP contribution in [0.1, 0.15) is 31.2 Å². The van der Waals surface area contributed by atoms with Gasteiger partial charge in [0.05, 0.1) is 12.6 Å². The van der Waals surface area contributed by atoms with E-state index in [1.54, 1.807) is 0 Å². The van der Waals surface area contributed by atoms with Crippen molar-refractivity contribution in [1.29, 1.82) is 0 Å². The molecule has 0 aromatic heterocycles. The Morgan fingerprint density at radius 1 is 1.25 bits per heavy atom. The number of hydrogen-bond donors (Lipinski definition) is 1. The van der Waals surface area contributed by atoms with Gasteiger partial charge in [-0.2, -0.15) is 0 Å². The van der Waals surface area contributed by atoms with Crippen molar-refractivity contribution in [3.8, 4) is 0 Å². The highest BCUT2D eigenvalue weighted by molar-refractivity contribution is 7.99. The van der Waals surface area contributed by atoms with Crippen LogP contribution in [-0.4, -0.2) is 18.3 Å². The molecule has 1 heterocycles. The zero-order chi connectivity index (χ0) is 11.2. The molecule has 1 aromatic carbocycles. The van der Waals surface area contributed by atoms with Gasteiger partial charge in [0.25, 0.3) is 0 Å². The molecule has 0 spiro atoms. The van der Waals surface area contributed by atoms with E-state index in [1.165, 1.54) is 48.4 Å². The maximum absolute atomic E-state index is 2.54. The van der Waals surface area contributed by atoms with E-state index in [2.05, 4.69) is 36.5 Å². The molecule has 1 saturated heterocycles. The summed E-state index contributed by atoms with van der Waals surface area (Å²) in [5.74, 6) is 1.27. The third-order valence-corrected chi connectivity index (χ3v) is 4.35. The minimum atomic E-state index is 0.895. The molecule has 2 rings (SSSR count). The molecule has 1 fully saturated rings. The van der Waals surface area contributed by atoms with E-state index in [9.17, 15) is 0 Å². The molecular weight excluding hydrogens is 214 g/mol. The molecule has 88 valence electrons. The van der Waals surface area contributed by atoms with Crippen molar-refractivity contribution >= 4 is 11.8 Å². The molecule has 0 amide bonds. The molecule has 0 unspecified atom stereocenters. The van der Waals surface area contributed by atoms with Crippen molar-refractivity contribution in [2.24, 2.45) is 0 Å². The van der Waals surface area contributed by atoms with Gasteiger partial charge in [-0.05, 0) is 38.3 Å². The van der Waals surface area contributed by atoms with Crippen LogP contribution in [-0.2, 0) is 0 Å². The first-order chi connectivity index (χ1) is 7.84. The first-order valence-corrected chi connectivity index (χ1v) is 7.36. The standard InChI is InChI=1S/C14H21NS/c1-12-5-7-14(8-6-12)16-11-9-13-4-2-3-10-15-13/h5-8,13,15H,2-4,9-11H2,1H3/p+1/t13-/m0/s1. The Balaban J connectivity index is 1.69. The lowest BCUT2D eigenvalue weighted by Gasteiger charge is -2.19. The molecular formula is C14H22NS+. The van der Waals surface area contributed by atoms with E-state index in [4.69, 9.17) is 0 Å². The molecule has 0 radical (unpaired) electrons. The number of aryl methyl sites for hydroxylation is 1. The quantitative estimate of drug-likeness (QED) is 0.795. The average molecular weight is 236 g/mol. The number of nitrogens with two attached hydrogens (primary N) is 1. The second-order valence-electron chi connectivity index (χ2n) is 4.73. The second-order valence-corrected chi connectivity index (χ2v) is 5.90. The minimum absolute atomic E-state index is 0.895. The summed E-state index contributed by atoms with van der Waals surface area (Å²) in [6, 6.07) is 9.78. The zero-order valence-electron chi connectivity index (χ0n) is 10.1. The van der Waals surface area contributed by atoms with E-state index in [-0.39, 0.29) is 0 Å². The Bertz CT molecular complexity index is 301. The van der Waals surface area contributed by atoms with Crippen LogP contribution < -0.4 is 5.32 Å². The smallest absolute Gasteiger partial charge is 0.0867 e. The molecule has 1 aliphatic heterocycles. The van der Waals surface area contributed by atoms with E-state index in [0.29, 0.717) is 0 Å². The summed E-state index contributed by atoms with van der Waals surface area (Å²) in [5.41, 5.74) is 1.35. The van der Waals surface area contributed by atoms with Gasteiger partial charge in [-0.15, -0.1) is 11.8 Å². The summed E-state index contributed by atoms with van der Waals surface area (Å²) in [7, 11) is 0. The molecule has 2 N–H and O–H groups in total. The van der Waals surface area contributed by atoms with E-state index in [1.807, 2.05) is 11.8 Å². The third kappa shape index (κ3) is 3.84. The van der Waals surface area contributed by atoms with E-state index in [0.717, 1.165) is 6.04 Å². The van der Waals surface area contributed by atoms with Gasteiger partial charge in [-0.25, -0.2) is 0 Å². The lowest BCUT2D eigenvalue weighted by atomic mass is 10.0. The number of benzene rings is 1. The summed E-state index contributed by atoms with van der Waals surface area (Å²) >= 11 is 2.00. The first kappa shape index (κ1) is 12.0. The van der Waals surface area contributed by atoms with Gasteiger partial charge in [0, 0.05) is 17.1 Å².